The van der Waals surface area contributed by atoms with Gasteiger partial charge in [-0.2, -0.15) is 0 Å². The van der Waals surface area contributed by atoms with Crippen LogP contribution in [0, 0.1) is 6.92 Å². The van der Waals surface area contributed by atoms with E-state index in [-0.39, 0.29) is 12.3 Å². The minimum atomic E-state index is -0.101. The minimum absolute atomic E-state index is 0.101. The van der Waals surface area contributed by atoms with Crippen LogP contribution in [-0.2, 0) is 11.2 Å². The molecule has 6 heteroatoms. The van der Waals surface area contributed by atoms with E-state index in [0.29, 0.717) is 17.3 Å². The van der Waals surface area contributed by atoms with E-state index in [9.17, 15) is 4.79 Å². The lowest BCUT2D eigenvalue weighted by Gasteiger charge is -2.05. The van der Waals surface area contributed by atoms with Crippen LogP contribution in [0.1, 0.15) is 11.5 Å². The minimum Gasteiger partial charge on any atom is -0.440 e. The van der Waals surface area contributed by atoms with E-state index in [1.807, 2.05) is 55.0 Å². The molecule has 0 spiro atoms. The van der Waals surface area contributed by atoms with Crippen molar-refractivity contribution in [3.05, 3.63) is 53.2 Å². The smallest absolute Gasteiger partial charge is 0.236 e. The highest BCUT2D eigenvalue weighted by molar-refractivity contribution is 7.98. The number of thioether (sulfide) groups is 1. The monoisotopic (exact) mass is 344 g/mol. The molecule has 23 heavy (non-hydrogen) atoms. The standard InChI is InChI=1S/C17H16N2O2S2/c1-11-14(19-17(21-11)15-4-3-9-23-15)10-16(20)18-12-5-7-13(22-2)8-6-12/h3-9H,10H2,1-2H3,(H,18,20). The number of aryl methyl sites for hydroxylation is 1. The molecule has 0 bridgehead atoms. The Balaban J connectivity index is 1.67. The van der Waals surface area contributed by atoms with Crippen LogP contribution in [0.4, 0.5) is 5.69 Å². The number of hydrogen-bond donors (Lipinski definition) is 1. The zero-order chi connectivity index (χ0) is 16.2. The summed E-state index contributed by atoms with van der Waals surface area (Å²) in [6.07, 6.45) is 2.22. The molecule has 0 aliphatic heterocycles. The Labute approximate surface area is 142 Å². The summed E-state index contributed by atoms with van der Waals surface area (Å²) in [7, 11) is 0. The van der Waals surface area contributed by atoms with Crippen molar-refractivity contribution in [3.8, 4) is 10.8 Å². The van der Waals surface area contributed by atoms with Crippen LogP contribution < -0.4 is 5.32 Å². The molecule has 1 amide bonds. The summed E-state index contributed by atoms with van der Waals surface area (Å²) in [6.45, 7) is 1.83. The zero-order valence-corrected chi connectivity index (χ0v) is 14.5. The Hall–Kier alpha value is -2.05. The third-order valence-corrected chi connectivity index (χ3v) is 4.93. The Morgan fingerprint density at radius 1 is 1.30 bits per heavy atom. The molecule has 0 fully saturated rings. The molecule has 0 aliphatic carbocycles. The molecule has 2 aromatic heterocycles. The molecule has 3 aromatic rings. The van der Waals surface area contributed by atoms with Gasteiger partial charge < -0.3 is 9.73 Å². The summed E-state index contributed by atoms with van der Waals surface area (Å²) < 4.78 is 5.66. The number of oxazole rings is 1. The number of anilines is 1. The number of carbonyl (C=O) groups excluding carboxylic acids is 1. The highest BCUT2D eigenvalue weighted by atomic mass is 32.2. The highest BCUT2D eigenvalue weighted by Gasteiger charge is 2.15. The molecular weight excluding hydrogens is 328 g/mol. The molecule has 0 radical (unpaired) electrons. The van der Waals surface area contributed by atoms with Gasteiger partial charge in [-0.1, -0.05) is 6.07 Å². The van der Waals surface area contributed by atoms with Crippen molar-refractivity contribution in [2.24, 2.45) is 0 Å². The quantitative estimate of drug-likeness (QED) is 0.687. The van der Waals surface area contributed by atoms with Crippen LogP contribution in [0.3, 0.4) is 0 Å². The van der Waals surface area contributed by atoms with E-state index in [4.69, 9.17) is 4.42 Å². The van der Waals surface area contributed by atoms with Crippen molar-refractivity contribution in [1.29, 1.82) is 0 Å². The highest BCUT2D eigenvalue weighted by Crippen LogP contribution is 2.26. The molecule has 1 aromatic carbocycles. The lowest BCUT2D eigenvalue weighted by atomic mass is 10.2. The molecule has 4 nitrogen and oxygen atoms in total. The average Bonchev–Trinajstić information content (AvgIpc) is 3.18. The fourth-order valence-corrected chi connectivity index (χ4v) is 3.19. The van der Waals surface area contributed by atoms with E-state index in [1.54, 1.807) is 23.1 Å². The van der Waals surface area contributed by atoms with Crippen LogP contribution in [0.15, 0.2) is 51.1 Å². The zero-order valence-electron chi connectivity index (χ0n) is 12.8. The molecule has 0 saturated heterocycles. The van der Waals surface area contributed by atoms with Crippen LogP contribution >= 0.6 is 23.1 Å². The van der Waals surface area contributed by atoms with Gasteiger partial charge in [-0.15, -0.1) is 23.1 Å². The summed E-state index contributed by atoms with van der Waals surface area (Å²) in [5.41, 5.74) is 1.46. The summed E-state index contributed by atoms with van der Waals surface area (Å²) in [5.74, 6) is 1.15. The first kappa shape index (κ1) is 15.8. The number of nitrogens with one attached hydrogen (secondary N) is 1. The summed E-state index contributed by atoms with van der Waals surface area (Å²) in [5, 5.41) is 4.86. The van der Waals surface area contributed by atoms with Crippen LogP contribution in [0.5, 0.6) is 0 Å². The number of thiophene rings is 1. The first-order valence-electron chi connectivity index (χ1n) is 7.10. The van der Waals surface area contributed by atoms with Crippen molar-refractivity contribution < 1.29 is 9.21 Å². The van der Waals surface area contributed by atoms with E-state index >= 15 is 0 Å². The van der Waals surface area contributed by atoms with Gasteiger partial charge in [0, 0.05) is 10.6 Å². The summed E-state index contributed by atoms with van der Waals surface area (Å²) in [6, 6.07) is 11.7. The maximum Gasteiger partial charge on any atom is 0.236 e. The van der Waals surface area contributed by atoms with Crippen LogP contribution in [-0.4, -0.2) is 17.1 Å². The Bertz CT molecular complexity index is 793. The second-order valence-corrected chi connectivity index (χ2v) is 6.78. The third kappa shape index (κ3) is 3.83. The Morgan fingerprint density at radius 3 is 2.74 bits per heavy atom. The molecule has 0 saturated carbocycles. The van der Waals surface area contributed by atoms with E-state index in [0.717, 1.165) is 15.5 Å². The molecule has 118 valence electrons. The second kappa shape index (κ2) is 7.02. The number of amides is 1. The first-order chi connectivity index (χ1) is 11.2. The third-order valence-electron chi connectivity index (χ3n) is 3.33. The van der Waals surface area contributed by atoms with Crippen LogP contribution in [0.25, 0.3) is 10.8 Å². The van der Waals surface area contributed by atoms with Gasteiger partial charge in [0.05, 0.1) is 17.0 Å². The fourth-order valence-electron chi connectivity index (χ4n) is 2.13. The lowest BCUT2D eigenvalue weighted by molar-refractivity contribution is -0.115. The summed E-state index contributed by atoms with van der Waals surface area (Å²) in [4.78, 5) is 18.8. The van der Waals surface area contributed by atoms with Gasteiger partial charge in [-0.05, 0) is 48.9 Å². The Morgan fingerprint density at radius 2 is 2.09 bits per heavy atom. The van der Waals surface area contributed by atoms with Gasteiger partial charge in [-0.25, -0.2) is 4.98 Å². The van der Waals surface area contributed by atoms with E-state index in [2.05, 4.69) is 10.3 Å². The molecule has 2 heterocycles. The van der Waals surface area contributed by atoms with E-state index < -0.39 is 0 Å². The topological polar surface area (TPSA) is 55.1 Å². The molecule has 0 aliphatic rings. The van der Waals surface area contributed by atoms with Gasteiger partial charge in [0.15, 0.2) is 0 Å². The van der Waals surface area contributed by atoms with Crippen molar-refractivity contribution in [2.45, 2.75) is 18.2 Å². The normalized spacial score (nSPS) is 10.7. The van der Waals surface area contributed by atoms with Gasteiger partial charge >= 0.3 is 0 Å². The molecule has 0 atom stereocenters. The van der Waals surface area contributed by atoms with Crippen LogP contribution in [0.2, 0.25) is 0 Å². The predicted octanol–water partition coefficient (Wildman–Crippen LogP) is 4.61. The number of aromatic nitrogens is 1. The maximum absolute atomic E-state index is 12.2. The maximum atomic E-state index is 12.2. The van der Waals surface area contributed by atoms with E-state index in [1.165, 1.54) is 0 Å². The predicted molar refractivity (Wildman–Crippen MR) is 95.1 cm³/mol. The number of benzene rings is 1. The van der Waals surface area contributed by atoms with Crippen molar-refractivity contribution in [3.63, 3.8) is 0 Å². The number of nitrogens with zero attached hydrogens (tertiary/aromatic N) is 1. The Kier molecular flexibility index (Phi) is 4.83. The fraction of sp³-hybridized carbons (Fsp3) is 0.176. The molecule has 1 N–H and O–H groups in total. The number of hydrogen-bond acceptors (Lipinski definition) is 5. The second-order valence-electron chi connectivity index (χ2n) is 4.95. The lowest BCUT2D eigenvalue weighted by Crippen LogP contribution is -2.15. The van der Waals surface area contributed by atoms with Gasteiger partial charge in [0.25, 0.3) is 0 Å². The number of carbonyl (C=O) groups is 1. The van der Waals surface area contributed by atoms with Gasteiger partial charge in [0.1, 0.15) is 5.76 Å². The molecule has 0 unspecified atom stereocenters. The largest absolute Gasteiger partial charge is 0.440 e. The first-order valence-corrected chi connectivity index (χ1v) is 9.20. The molecular formula is C17H16N2O2S2. The SMILES string of the molecule is CSc1ccc(NC(=O)Cc2nc(-c3cccs3)oc2C)cc1. The van der Waals surface area contributed by atoms with Crippen molar-refractivity contribution in [2.75, 3.05) is 11.6 Å². The van der Waals surface area contributed by atoms with Gasteiger partial charge in [-0.3, -0.25) is 4.79 Å². The van der Waals surface area contributed by atoms with Crippen molar-refractivity contribution >= 4 is 34.7 Å². The average molecular weight is 344 g/mol. The number of rotatable bonds is 5. The molecule has 3 rings (SSSR count). The van der Waals surface area contributed by atoms with Crippen molar-refractivity contribution in [1.82, 2.24) is 4.98 Å². The summed E-state index contributed by atoms with van der Waals surface area (Å²) >= 11 is 3.23. The van der Waals surface area contributed by atoms with Gasteiger partial charge in [0.2, 0.25) is 11.8 Å².